The molecule has 72 valence electrons. The van der Waals surface area contributed by atoms with Crippen molar-refractivity contribution in [3.05, 3.63) is 0 Å². The number of aliphatic hydroxyl groups excluding tert-OH is 1. The quantitative estimate of drug-likeness (QED) is 0.480. The smallest absolute Gasteiger partial charge is 0.221 e. The standard InChI is InChI=1S/C8H18N2O2/c1-7(9)6-8(12)10-4-2-3-5-11/h7,11H,2-6,9H2,1H3,(H,10,12). The molecular formula is C8H18N2O2. The second-order valence-corrected chi connectivity index (χ2v) is 2.96. The molecule has 0 rings (SSSR count). The number of unbranched alkanes of at least 4 members (excludes halogenated alkanes) is 1. The minimum atomic E-state index is -0.0807. The van der Waals surface area contributed by atoms with Gasteiger partial charge in [0.05, 0.1) is 0 Å². The molecule has 0 heterocycles. The van der Waals surface area contributed by atoms with Crippen molar-refractivity contribution in [1.29, 1.82) is 0 Å². The fraction of sp³-hybridized carbons (Fsp3) is 0.875. The second kappa shape index (κ2) is 7.06. The van der Waals surface area contributed by atoms with Gasteiger partial charge in [-0.05, 0) is 19.8 Å². The highest BCUT2D eigenvalue weighted by Crippen LogP contribution is 1.87. The van der Waals surface area contributed by atoms with Crippen molar-refractivity contribution in [2.75, 3.05) is 13.2 Å². The molecule has 4 nitrogen and oxygen atoms in total. The number of hydrogen-bond acceptors (Lipinski definition) is 3. The lowest BCUT2D eigenvalue weighted by Crippen LogP contribution is -2.30. The minimum absolute atomic E-state index is 0.0112. The molecule has 0 aliphatic carbocycles. The van der Waals surface area contributed by atoms with Gasteiger partial charge in [-0.2, -0.15) is 0 Å². The molecule has 4 heteroatoms. The Morgan fingerprint density at radius 3 is 2.75 bits per heavy atom. The van der Waals surface area contributed by atoms with Crippen molar-refractivity contribution in [3.8, 4) is 0 Å². The summed E-state index contributed by atoms with van der Waals surface area (Å²) in [5, 5.41) is 11.2. The maximum atomic E-state index is 11.0. The maximum absolute atomic E-state index is 11.0. The largest absolute Gasteiger partial charge is 0.396 e. The molecule has 0 aromatic heterocycles. The number of nitrogens with two attached hydrogens (primary N) is 1. The number of carbonyl (C=O) groups is 1. The van der Waals surface area contributed by atoms with Crippen molar-refractivity contribution < 1.29 is 9.90 Å². The van der Waals surface area contributed by atoms with Gasteiger partial charge in [0.2, 0.25) is 5.91 Å². The highest BCUT2D eigenvalue weighted by molar-refractivity contribution is 5.76. The molecule has 1 atom stereocenters. The van der Waals surface area contributed by atoms with Gasteiger partial charge in [-0.15, -0.1) is 0 Å². The van der Waals surface area contributed by atoms with E-state index < -0.39 is 0 Å². The third-order valence-corrected chi connectivity index (χ3v) is 1.41. The summed E-state index contributed by atoms with van der Waals surface area (Å²) >= 11 is 0. The van der Waals surface area contributed by atoms with Crippen LogP contribution in [-0.2, 0) is 4.79 Å². The number of hydrogen-bond donors (Lipinski definition) is 3. The topological polar surface area (TPSA) is 75.4 Å². The summed E-state index contributed by atoms with van der Waals surface area (Å²) in [4.78, 5) is 11.0. The van der Waals surface area contributed by atoms with Crippen LogP contribution in [0, 0.1) is 0 Å². The zero-order chi connectivity index (χ0) is 9.40. The monoisotopic (exact) mass is 174 g/mol. The van der Waals surface area contributed by atoms with Gasteiger partial charge in [-0.3, -0.25) is 4.79 Å². The number of rotatable bonds is 6. The van der Waals surface area contributed by atoms with Crippen molar-refractivity contribution >= 4 is 5.91 Å². The van der Waals surface area contributed by atoms with Gasteiger partial charge in [0, 0.05) is 25.6 Å². The Bertz CT molecular complexity index is 126. The van der Waals surface area contributed by atoms with E-state index in [2.05, 4.69) is 5.32 Å². The summed E-state index contributed by atoms with van der Waals surface area (Å²) in [6.45, 7) is 2.61. The summed E-state index contributed by atoms with van der Waals surface area (Å²) in [6.07, 6.45) is 1.93. The molecular weight excluding hydrogens is 156 g/mol. The van der Waals surface area contributed by atoms with E-state index in [-0.39, 0.29) is 18.6 Å². The van der Waals surface area contributed by atoms with E-state index in [9.17, 15) is 4.79 Å². The van der Waals surface area contributed by atoms with Crippen LogP contribution < -0.4 is 11.1 Å². The van der Waals surface area contributed by atoms with Gasteiger partial charge in [-0.25, -0.2) is 0 Å². The predicted molar refractivity (Wildman–Crippen MR) is 47.6 cm³/mol. The Kier molecular flexibility index (Phi) is 6.70. The van der Waals surface area contributed by atoms with E-state index >= 15 is 0 Å². The van der Waals surface area contributed by atoms with Crippen molar-refractivity contribution in [1.82, 2.24) is 5.32 Å². The van der Waals surface area contributed by atoms with Crippen LogP contribution in [0.3, 0.4) is 0 Å². The van der Waals surface area contributed by atoms with E-state index in [0.29, 0.717) is 13.0 Å². The van der Waals surface area contributed by atoms with Crippen LogP contribution in [0.25, 0.3) is 0 Å². The van der Waals surface area contributed by atoms with Gasteiger partial charge in [0.25, 0.3) is 0 Å². The van der Waals surface area contributed by atoms with Crippen LogP contribution in [0.2, 0.25) is 0 Å². The SMILES string of the molecule is CC(N)CC(=O)NCCCCO. The summed E-state index contributed by atoms with van der Waals surface area (Å²) in [5.41, 5.74) is 5.42. The molecule has 0 aliphatic rings. The first-order chi connectivity index (χ1) is 5.66. The summed E-state index contributed by atoms with van der Waals surface area (Å²) in [7, 11) is 0. The third kappa shape index (κ3) is 7.50. The predicted octanol–water partition coefficient (Wildman–Crippen LogP) is -0.388. The Morgan fingerprint density at radius 1 is 1.58 bits per heavy atom. The van der Waals surface area contributed by atoms with Crippen LogP contribution >= 0.6 is 0 Å². The summed E-state index contributed by atoms with van der Waals surface area (Å²) in [6, 6.07) is -0.0807. The summed E-state index contributed by atoms with van der Waals surface area (Å²) < 4.78 is 0. The fourth-order valence-corrected chi connectivity index (χ4v) is 0.829. The van der Waals surface area contributed by atoms with Gasteiger partial charge in [-0.1, -0.05) is 0 Å². The molecule has 0 radical (unpaired) electrons. The number of nitrogens with one attached hydrogen (secondary N) is 1. The van der Waals surface area contributed by atoms with Gasteiger partial charge >= 0.3 is 0 Å². The van der Waals surface area contributed by atoms with E-state index in [0.717, 1.165) is 12.8 Å². The molecule has 1 amide bonds. The van der Waals surface area contributed by atoms with Crippen molar-refractivity contribution in [2.24, 2.45) is 5.73 Å². The van der Waals surface area contributed by atoms with Gasteiger partial charge < -0.3 is 16.2 Å². The number of amides is 1. The lowest BCUT2D eigenvalue weighted by Gasteiger charge is -2.06. The zero-order valence-corrected chi connectivity index (χ0v) is 7.55. The zero-order valence-electron chi connectivity index (χ0n) is 7.55. The highest BCUT2D eigenvalue weighted by atomic mass is 16.2. The van der Waals surface area contributed by atoms with Crippen LogP contribution in [-0.4, -0.2) is 30.2 Å². The molecule has 0 aliphatic heterocycles. The molecule has 0 saturated carbocycles. The molecule has 0 aromatic rings. The number of carbonyl (C=O) groups excluding carboxylic acids is 1. The normalized spacial score (nSPS) is 12.6. The van der Waals surface area contributed by atoms with Crippen LogP contribution in [0.4, 0.5) is 0 Å². The minimum Gasteiger partial charge on any atom is -0.396 e. The average molecular weight is 174 g/mol. The molecule has 0 bridgehead atoms. The Morgan fingerprint density at radius 2 is 2.25 bits per heavy atom. The molecule has 0 saturated heterocycles. The van der Waals surface area contributed by atoms with Crippen molar-refractivity contribution in [2.45, 2.75) is 32.2 Å². The lowest BCUT2D eigenvalue weighted by atomic mass is 10.2. The number of aliphatic hydroxyl groups is 1. The van der Waals surface area contributed by atoms with Crippen molar-refractivity contribution in [3.63, 3.8) is 0 Å². The molecule has 0 fully saturated rings. The van der Waals surface area contributed by atoms with Gasteiger partial charge in [0.1, 0.15) is 0 Å². The van der Waals surface area contributed by atoms with Crippen LogP contribution in [0.5, 0.6) is 0 Å². The first-order valence-electron chi connectivity index (χ1n) is 4.30. The van der Waals surface area contributed by atoms with Gasteiger partial charge in [0.15, 0.2) is 0 Å². The van der Waals surface area contributed by atoms with E-state index in [1.165, 1.54) is 0 Å². The molecule has 0 spiro atoms. The molecule has 0 aromatic carbocycles. The first-order valence-corrected chi connectivity index (χ1v) is 4.30. The Hall–Kier alpha value is -0.610. The highest BCUT2D eigenvalue weighted by Gasteiger charge is 2.02. The molecule has 12 heavy (non-hydrogen) atoms. The van der Waals surface area contributed by atoms with E-state index in [1.807, 2.05) is 0 Å². The van der Waals surface area contributed by atoms with Crippen LogP contribution in [0.15, 0.2) is 0 Å². The fourth-order valence-electron chi connectivity index (χ4n) is 0.829. The maximum Gasteiger partial charge on any atom is 0.221 e. The molecule has 4 N–H and O–H groups in total. The van der Waals surface area contributed by atoms with Crippen LogP contribution in [0.1, 0.15) is 26.2 Å². The van der Waals surface area contributed by atoms with E-state index in [1.54, 1.807) is 6.92 Å². The summed E-state index contributed by atoms with van der Waals surface area (Å²) in [5.74, 6) is -0.0112. The molecule has 1 unspecified atom stereocenters. The Balaban J connectivity index is 3.20. The Labute approximate surface area is 73.1 Å². The lowest BCUT2D eigenvalue weighted by molar-refractivity contribution is -0.121. The second-order valence-electron chi connectivity index (χ2n) is 2.96. The average Bonchev–Trinajstić information content (AvgIpc) is 1.97. The van der Waals surface area contributed by atoms with E-state index in [4.69, 9.17) is 10.8 Å². The third-order valence-electron chi connectivity index (χ3n) is 1.41. The first kappa shape index (κ1) is 11.4.